The number of hydrogen-bond donors (Lipinski definition) is 3. The molecule has 0 radical (unpaired) electrons. The molecule has 8 heteroatoms. The van der Waals surface area contributed by atoms with E-state index in [9.17, 15) is 9.59 Å². The van der Waals surface area contributed by atoms with Crippen LogP contribution < -0.4 is 16.4 Å². The number of rotatable bonds is 8. The summed E-state index contributed by atoms with van der Waals surface area (Å²) in [6.07, 6.45) is 5.82. The third kappa shape index (κ3) is 5.36. The Morgan fingerprint density at radius 2 is 2.19 bits per heavy atom. The van der Waals surface area contributed by atoms with Crippen molar-refractivity contribution in [2.45, 2.75) is 64.1 Å². The van der Waals surface area contributed by atoms with Gasteiger partial charge in [0, 0.05) is 12.6 Å². The van der Waals surface area contributed by atoms with Gasteiger partial charge in [-0.3, -0.25) is 4.79 Å². The molecule has 3 rings (SSSR count). The van der Waals surface area contributed by atoms with Crippen LogP contribution in [-0.2, 0) is 11.3 Å². The van der Waals surface area contributed by atoms with Crippen molar-refractivity contribution in [3.05, 3.63) is 22.4 Å². The van der Waals surface area contributed by atoms with Crippen LogP contribution in [-0.4, -0.2) is 42.0 Å². The molecule has 27 heavy (non-hydrogen) atoms. The largest absolute Gasteiger partial charge is 0.352 e. The molecule has 1 aromatic rings. The van der Waals surface area contributed by atoms with Crippen LogP contribution in [0.5, 0.6) is 0 Å². The van der Waals surface area contributed by atoms with E-state index in [0.717, 1.165) is 50.8 Å². The first-order chi connectivity index (χ1) is 12.6. The van der Waals surface area contributed by atoms with E-state index in [4.69, 9.17) is 5.73 Å². The van der Waals surface area contributed by atoms with Crippen LogP contribution in [0, 0.1) is 5.41 Å². The van der Waals surface area contributed by atoms with Gasteiger partial charge >= 0.3 is 6.03 Å². The number of carbonyl (C=O) groups excluding carboxylic acids is 2. The number of carbonyl (C=O) groups is 2. The van der Waals surface area contributed by atoms with Gasteiger partial charge in [0.25, 0.3) is 0 Å². The number of hydrogen-bond acceptors (Lipinski definition) is 4. The Kier molecular flexibility index (Phi) is 7.94. The molecule has 3 amide bonds. The van der Waals surface area contributed by atoms with E-state index < -0.39 is 12.1 Å². The molecule has 152 valence electrons. The molecule has 0 aromatic carbocycles. The Morgan fingerprint density at radius 3 is 2.78 bits per heavy atom. The average Bonchev–Trinajstić information content (AvgIpc) is 3.06. The van der Waals surface area contributed by atoms with E-state index in [1.54, 1.807) is 11.3 Å². The summed E-state index contributed by atoms with van der Waals surface area (Å²) in [5, 5.41) is 10.2. The molecular weight excluding hydrogens is 384 g/mol. The lowest BCUT2D eigenvalue weighted by molar-refractivity contribution is -0.135. The molecule has 0 bridgehead atoms. The molecule has 2 atom stereocenters. The Morgan fingerprint density at radius 1 is 1.44 bits per heavy atom. The van der Waals surface area contributed by atoms with Crippen molar-refractivity contribution in [2.24, 2.45) is 11.1 Å². The third-order valence-corrected chi connectivity index (χ3v) is 6.53. The van der Waals surface area contributed by atoms with Crippen molar-refractivity contribution >= 4 is 35.7 Å². The summed E-state index contributed by atoms with van der Waals surface area (Å²) < 4.78 is 0. The Labute approximate surface area is 171 Å². The fourth-order valence-corrected chi connectivity index (χ4v) is 4.85. The Balaban J connectivity index is 0.00000261. The number of primary amides is 1. The van der Waals surface area contributed by atoms with Crippen LogP contribution in [0.25, 0.3) is 0 Å². The summed E-state index contributed by atoms with van der Waals surface area (Å²) in [5.74, 6) is 0.0175. The van der Waals surface area contributed by atoms with E-state index in [-0.39, 0.29) is 29.8 Å². The highest BCUT2D eigenvalue weighted by Gasteiger charge is 2.58. The summed E-state index contributed by atoms with van der Waals surface area (Å²) in [6, 6.07) is 1.20. The van der Waals surface area contributed by atoms with Gasteiger partial charge in [-0.1, -0.05) is 19.8 Å². The molecule has 1 saturated carbocycles. The normalized spacial score (nSPS) is 21.1. The van der Waals surface area contributed by atoms with Gasteiger partial charge in [-0.25, -0.2) is 4.79 Å². The molecular formula is C19H31ClN4O2S. The van der Waals surface area contributed by atoms with E-state index in [2.05, 4.69) is 29.0 Å². The number of thiophene rings is 1. The smallest absolute Gasteiger partial charge is 0.312 e. The zero-order valence-electron chi connectivity index (χ0n) is 15.9. The van der Waals surface area contributed by atoms with Crippen molar-refractivity contribution in [3.8, 4) is 0 Å². The maximum absolute atomic E-state index is 13.4. The summed E-state index contributed by atoms with van der Waals surface area (Å²) in [7, 11) is 0. The highest BCUT2D eigenvalue weighted by atomic mass is 35.5. The van der Waals surface area contributed by atoms with Gasteiger partial charge in [-0.2, -0.15) is 11.3 Å². The van der Waals surface area contributed by atoms with Crippen LogP contribution in [0.1, 0.15) is 51.0 Å². The predicted molar refractivity (Wildman–Crippen MR) is 111 cm³/mol. The maximum atomic E-state index is 13.4. The number of nitrogens with zero attached hydrogens (tertiary/aromatic N) is 1. The average molecular weight is 415 g/mol. The molecule has 2 unspecified atom stereocenters. The molecule has 6 nitrogen and oxygen atoms in total. The summed E-state index contributed by atoms with van der Waals surface area (Å²) >= 11 is 1.65. The van der Waals surface area contributed by atoms with Crippen molar-refractivity contribution in [3.63, 3.8) is 0 Å². The first-order valence-electron chi connectivity index (χ1n) is 9.64. The maximum Gasteiger partial charge on any atom is 0.312 e. The van der Waals surface area contributed by atoms with Gasteiger partial charge in [-0.05, 0) is 66.6 Å². The summed E-state index contributed by atoms with van der Waals surface area (Å²) in [6.45, 7) is 4.75. The number of nitrogens with two attached hydrogens (primary N) is 1. The van der Waals surface area contributed by atoms with Crippen LogP contribution >= 0.6 is 23.7 Å². The fraction of sp³-hybridized carbons (Fsp3) is 0.684. The Hall–Kier alpha value is -1.31. The highest BCUT2D eigenvalue weighted by molar-refractivity contribution is 7.07. The molecule has 1 spiro atoms. The minimum Gasteiger partial charge on any atom is -0.352 e. The molecule has 1 aliphatic carbocycles. The SMILES string of the molecule is CCCCC(NC(N)=O)C(=O)N(Cc1ccsc1)C1CC12CCNCC2.Cl. The van der Waals surface area contributed by atoms with Gasteiger partial charge in [-0.15, -0.1) is 12.4 Å². The highest BCUT2D eigenvalue weighted by Crippen LogP contribution is 2.56. The first-order valence-corrected chi connectivity index (χ1v) is 10.6. The van der Waals surface area contributed by atoms with E-state index in [1.165, 1.54) is 0 Å². The van der Waals surface area contributed by atoms with E-state index >= 15 is 0 Å². The standard InChI is InChI=1S/C19H30N4O2S.ClH/c1-2-3-4-15(22-18(20)25)17(24)23(12-14-5-10-26-13-14)16-11-19(16)6-8-21-9-7-19;/h5,10,13,15-16,21H,2-4,6-9,11-12H2,1H3,(H3,20,22,25);1H. The third-order valence-electron chi connectivity index (χ3n) is 5.80. The number of nitrogens with one attached hydrogen (secondary N) is 2. The fourth-order valence-electron chi connectivity index (χ4n) is 4.19. The molecule has 1 aliphatic heterocycles. The number of piperidine rings is 1. The zero-order valence-corrected chi connectivity index (χ0v) is 17.5. The van der Waals surface area contributed by atoms with Gasteiger partial charge in [0.15, 0.2) is 0 Å². The summed E-state index contributed by atoms with van der Waals surface area (Å²) in [4.78, 5) is 26.8. The van der Waals surface area contributed by atoms with Crippen molar-refractivity contribution in [2.75, 3.05) is 13.1 Å². The van der Waals surface area contributed by atoms with Crippen molar-refractivity contribution in [1.29, 1.82) is 0 Å². The lowest BCUT2D eigenvalue weighted by Gasteiger charge is -2.32. The number of urea groups is 1. The number of amides is 3. The van der Waals surface area contributed by atoms with Crippen LogP contribution in [0.15, 0.2) is 16.8 Å². The number of halogens is 1. The lowest BCUT2D eigenvalue weighted by atomic mass is 9.93. The molecule has 4 N–H and O–H groups in total. The van der Waals surface area contributed by atoms with Gasteiger partial charge in [0.05, 0.1) is 0 Å². The second-order valence-corrected chi connectivity index (χ2v) is 8.41. The van der Waals surface area contributed by atoms with Crippen LogP contribution in [0.4, 0.5) is 4.79 Å². The predicted octanol–water partition coefficient (Wildman–Crippen LogP) is 2.87. The molecule has 2 aliphatic rings. The van der Waals surface area contributed by atoms with Crippen LogP contribution in [0.2, 0.25) is 0 Å². The zero-order chi connectivity index (χ0) is 18.6. The van der Waals surface area contributed by atoms with Gasteiger partial charge in [0.2, 0.25) is 5.91 Å². The van der Waals surface area contributed by atoms with Crippen molar-refractivity contribution in [1.82, 2.24) is 15.5 Å². The van der Waals surface area contributed by atoms with Crippen LogP contribution in [0.3, 0.4) is 0 Å². The molecule has 2 heterocycles. The van der Waals surface area contributed by atoms with E-state index in [1.807, 2.05) is 10.3 Å². The van der Waals surface area contributed by atoms with Gasteiger partial charge < -0.3 is 21.3 Å². The second kappa shape index (κ2) is 9.75. The molecule has 1 saturated heterocycles. The first kappa shape index (κ1) is 22.0. The monoisotopic (exact) mass is 414 g/mol. The molecule has 2 fully saturated rings. The lowest BCUT2D eigenvalue weighted by Crippen LogP contribution is -2.51. The minimum atomic E-state index is -0.623. The topological polar surface area (TPSA) is 87.5 Å². The molecule has 1 aromatic heterocycles. The Bertz CT molecular complexity index is 619. The van der Waals surface area contributed by atoms with E-state index in [0.29, 0.717) is 13.0 Å². The van der Waals surface area contributed by atoms with Crippen molar-refractivity contribution < 1.29 is 9.59 Å². The second-order valence-electron chi connectivity index (χ2n) is 7.63. The quantitative estimate of drug-likeness (QED) is 0.611. The number of unbranched alkanes of at least 4 members (excludes halogenated alkanes) is 1. The summed E-state index contributed by atoms with van der Waals surface area (Å²) in [5.41, 5.74) is 6.76. The minimum absolute atomic E-state index is 0. The van der Waals surface area contributed by atoms with Gasteiger partial charge in [0.1, 0.15) is 6.04 Å².